The van der Waals surface area contributed by atoms with Crippen molar-refractivity contribution in [2.45, 2.75) is 64.3 Å². The van der Waals surface area contributed by atoms with E-state index in [1.54, 1.807) is 0 Å². The van der Waals surface area contributed by atoms with Gasteiger partial charge >= 0.3 is 0 Å². The Morgan fingerprint density at radius 2 is 1.95 bits per heavy atom. The number of pyridine rings is 1. The van der Waals surface area contributed by atoms with Gasteiger partial charge in [0.15, 0.2) is 0 Å². The van der Waals surface area contributed by atoms with Crippen LogP contribution in [0.1, 0.15) is 55.3 Å². The van der Waals surface area contributed by atoms with Gasteiger partial charge in [0.2, 0.25) is 0 Å². The van der Waals surface area contributed by atoms with E-state index >= 15 is 0 Å². The van der Waals surface area contributed by atoms with Crippen LogP contribution in [0.3, 0.4) is 0 Å². The highest BCUT2D eigenvalue weighted by Crippen LogP contribution is 2.39. The molecule has 0 spiro atoms. The lowest BCUT2D eigenvalue weighted by Crippen LogP contribution is -2.47. The minimum absolute atomic E-state index is 0.572. The molecule has 1 saturated carbocycles. The third-order valence-corrected chi connectivity index (χ3v) is 5.37. The number of hydrogen-bond donors (Lipinski definition) is 0. The molecular formula is C17H25ClN2. The molecule has 2 nitrogen and oxygen atoms in total. The van der Waals surface area contributed by atoms with Gasteiger partial charge in [0.1, 0.15) is 5.82 Å². The van der Waals surface area contributed by atoms with Gasteiger partial charge in [0.25, 0.3) is 0 Å². The first-order chi connectivity index (χ1) is 9.70. The Kier molecular flexibility index (Phi) is 4.21. The molecule has 2 fully saturated rings. The van der Waals surface area contributed by atoms with Crippen LogP contribution in [0.25, 0.3) is 0 Å². The fourth-order valence-corrected chi connectivity index (χ4v) is 4.46. The number of piperidine rings is 1. The van der Waals surface area contributed by atoms with Gasteiger partial charge in [0, 0.05) is 23.8 Å². The van der Waals surface area contributed by atoms with E-state index in [9.17, 15) is 0 Å². The Bertz CT molecular complexity index is 484. The van der Waals surface area contributed by atoms with Crippen LogP contribution in [-0.4, -0.2) is 17.6 Å². The second kappa shape index (κ2) is 5.93. The van der Waals surface area contributed by atoms with E-state index in [0.717, 1.165) is 18.2 Å². The number of nitrogens with zero attached hydrogens (tertiary/aromatic N) is 2. The van der Waals surface area contributed by atoms with Gasteiger partial charge in [-0.25, -0.2) is 4.98 Å². The maximum absolute atomic E-state index is 6.22. The monoisotopic (exact) mass is 292 g/mol. The molecule has 2 heterocycles. The summed E-state index contributed by atoms with van der Waals surface area (Å²) in [6.45, 7) is 5.41. The van der Waals surface area contributed by atoms with Crippen molar-refractivity contribution in [1.82, 2.24) is 4.98 Å². The first-order valence-electron chi connectivity index (χ1n) is 8.00. The second-order valence-corrected chi connectivity index (χ2v) is 6.73. The standard InChI is InChI=1S/C17H25ClN2/c1-12-10-13(2)19-17(15(12)11-18)20-9-5-7-14-6-3-4-8-16(14)20/h10,14,16H,3-9,11H2,1-2H3/t14-,16-/m1/s1. The fraction of sp³-hybridized carbons (Fsp3) is 0.706. The van der Waals surface area contributed by atoms with Gasteiger partial charge in [-0.3, -0.25) is 0 Å². The van der Waals surface area contributed by atoms with Crippen molar-refractivity contribution in [3.05, 3.63) is 22.9 Å². The highest BCUT2D eigenvalue weighted by molar-refractivity contribution is 6.17. The van der Waals surface area contributed by atoms with Crippen molar-refractivity contribution in [3.63, 3.8) is 0 Å². The van der Waals surface area contributed by atoms with Gasteiger partial charge in [-0.2, -0.15) is 0 Å². The van der Waals surface area contributed by atoms with Crippen LogP contribution < -0.4 is 4.90 Å². The van der Waals surface area contributed by atoms with E-state index in [1.165, 1.54) is 55.5 Å². The van der Waals surface area contributed by atoms with E-state index in [4.69, 9.17) is 16.6 Å². The fourth-order valence-electron chi connectivity index (χ4n) is 4.13. The van der Waals surface area contributed by atoms with E-state index < -0.39 is 0 Å². The molecule has 0 N–H and O–H groups in total. The molecule has 1 aromatic heterocycles. The lowest BCUT2D eigenvalue weighted by atomic mass is 9.78. The summed E-state index contributed by atoms with van der Waals surface area (Å²) >= 11 is 6.22. The highest BCUT2D eigenvalue weighted by atomic mass is 35.5. The predicted molar refractivity (Wildman–Crippen MR) is 85.6 cm³/mol. The van der Waals surface area contributed by atoms with Crippen molar-refractivity contribution in [1.29, 1.82) is 0 Å². The molecule has 110 valence electrons. The predicted octanol–water partition coefficient (Wildman–Crippen LogP) is 4.60. The summed E-state index contributed by atoms with van der Waals surface area (Å²) in [5, 5.41) is 0. The van der Waals surface area contributed by atoms with Gasteiger partial charge < -0.3 is 4.90 Å². The molecule has 1 saturated heterocycles. The zero-order chi connectivity index (χ0) is 14.1. The Balaban J connectivity index is 1.98. The number of alkyl halides is 1. The topological polar surface area (TPSA) is 16.1 Å². The Morgan fingerprint density at radius 3 is 2.75 bits per heavy atom. The molecule has 1 aliphatic carbocycles. The Hall–Kier alpha value is -0.760. The van der Waals surface area contributed by atoms with Crippen molar-refractivity contribution in [2.24, 2.45) is 5.92 Å². The van der Waals surface area contributed by atoms with Crippen LogP contribution in [-0.2, 0) is 5.88 Å². The minimum atomic E-state index is 0.572. The quantitative estimate of drug-likeness (QED) is 0.741. The van der Waals surface area contributed by atoms with E-state index in [0.29, 0.717) is 11.9 Å². The van der Waals surface area contributed by atoms with Gasteiger partial charge in [-0.1, -0.05) is 12.8 Å². The molecule has 0 unspecified atom stereocenters. The van der Waals surface area contributed by atoms with Crippen LogP contribution in [0, 0.1) is 19.8 Å². The highest BCUT2D eigenvalue weighted by Gasteiger charge is 2.34. The molecule has 1 aromatic rings. The first-order valence-corrected chi connectivity index (χ1v) is 8.54. The van der Waals surface area contributed by atoms with Gasteiger partial charge in [0.05, 0.1) is 5.88 Å². The number of rotatable bonds is 2. The largest absolute Gasteiger partial charge is 0.353 e. The normalized spacial score (nSPS) is 26.4. The minimum Gasteiger partial charge on any atom is -0.353 e. The number of anilines is 1. The first kappa shape index (κ1) is 14.2. The van der Waals surface area contributed by atoms with E-state index in [1.807, 2.05) is 0 Å². The molecule has 0 amide bonds. The molecule has 2 aliphatic rings. The second-order valence-electron chi connectivity index (χ2n) is 6.46. The number of aryl methyl sites for hydroxylation is 2. The summed E-state index contributed by atoms with van der Waals surface area (Å²) in [5.41, 5.74) is 3.65. The number of halogens is 1. The zero-order valence-corrected chi connectivity index (χ0v) is 13.4. The van der Waals surface area contributed by atoms with Gasteiger partial charge in [-0.15, -0.1) is 11.6 Å². The SMILES string of the molecule is Cc1cc(C)c(CCl)c(N2CCC[C@H]3CCCC[C@H]32)n1. The van der Waals surface area contributed by atoms with Crippen molar-refractivity contribution < 1.29 is 0 Å². The number of aromatic nitrogens is 1. The summed E-state index contributed by atoms with van der Waals surface area (Å²) in [4.78, 5) is 7.45. The third kappa shape index (κ3) is 2.55. The van der Waals surface area contributed by atoms with Crippen LogP contribution in [0.4, 0.5) is 5.82 Å². The molecule has 1 aliphatic heterocycles. The maximum atomic E-state index is 6.22. The van der Waals surface area contributed by atoms with Crippen molar-refractivity contribution in [3.8, 4) is 0 Å². The number of fused-ring (bicyclic) bond motifs is 1. The van der Waals surface area contributed by atoms with E-state index in [2.05, 4.69) is 24.8 Å². The zero-order valence-electron chi connectivity index (χ0n) is 12.7. The lowest BCUT2D eigenvalue weighted by Gasteiger charge is -2.45. The van der Waals surface area contributed by atoms with Crippen LogP contribution in [0.2, 0.25) is 0 Å². The average Bonchev–Trinajstić information content (AvgIpc) is 2.46. The smallest absolute Gasteiger partial charge is 0.133 e. The van der Waals surface area contributed by atoms with Crippen molar-refractivity contribution >= 4 is 17.4 Å². The molecule has 3 heteroatoms. The number of hydrogen-bond acceptors (Lipinski definition) is 2. The molecule has 0 bridgehead atoms. The summed E-state index contributed by atoms with van der Waals surface area (Å²) in [6, 6.07) is 2.86. The molecule has 20 heavy (non-hydrogen) atoms. The van der Waals surface area contributed by atoms with Crippen LogP contribution >= 0.6 is 11.6 Å². The summed E-state index contributed by atoms with van der Waals surface area (Å²) in [6.07, 6.45) is 8.24. The summed E-state index contributed by atoms with van der Waals surface area (Å²) < 4.78 is 0. The molecule has 3 rings (SSSR count). The molecule has 0 aromatic carbocycles. The Labute approximate surface area is 127 Å². The summed E-state index contributed by atoms with van der Waals surface area (Å²) in [7, 11) is 0. The maximum Gasteiger partial charge on any atom is 0.133 e. The van der Waals surface area contributed by atoms with Crippen LogP contribution in [0.5, 0.6) is 0 Å². The Morgan fingerprint density at radius 1 is 1.20 bits per heavy atom. The molecule has 2 atom stereocenters. The van der Waals surface area contributed by atoms with Crippen LogP contribution in [0.15, 0.2) is 6.07 Å². The lowest BCUT2D eigenvalue weighted by molar-refractivity contribution is 0.242. The van der Waals surface area contributed by atoms with Gasteiger partial charge in [-0.05, 0) is 57.1 Å². The van der Waals surface area contributed by atoms with E-state index in [-0.39, 0.29) is 0 Å². The third-order valence-electron chi connectivity index (χ3n) is 5.10. The average molecular weight is 293 g/mol. The molecular weight excluding hydrogens is 268 g/mol. The molecule has 0 radical (unpaired) electrons. The van der Waals surface area contributed by atoms with Crippen molar-refractivity contribution in [2.75, 3.05) is 11.4 Å². The summed E-state index contributed by atoms with van der Waals surface area (Å²) in [5.74, 6) is 2.62.